The van der Waals surface area contributed by atoms with E-state index in [1.807, 2.05) is 51.1 Å². The standard InChI is InChI=1S/C27H32F3N7O2/c1-17-16-36(24-19(3)18(2)22(33-34-24)14-20-8-6-5-7-9-20)10-11-37(17)26-31-15-21(23(32-26)27(28,29)30)25(39)35(4)12-13-38/h5-9,15,17,38H,10-14,16H2,1-4H3/t17-/m1/s1. The van der Waals surface area contributed by atoms with Gasteiger partial charge in [0.15, 0.2) is 11.5 Å². The molecule has 2 aromatic heterocycles. The third-order valence-electron chi connectivity index (χ3n) is 7.05. The van der Waals surface area contributed by atoms with Gasteiger partial charge in [-0.15, -0.1) is 5.10 Å². The van der Waals surface area contributed by atoms with Gasteiger partial charge in [0.25, 0.3) is 5.91 Å². The largest absolute Gasteiger partial charge is 0.434 e. The minimum atomic E-state index is -4.85. The van der Waals surface area contributed by atoms with E-state index in [1.54, 1.807) is 4.90 Å². The molecular weight excluding hydrogens is 511 g/mol. The maximum absolute atomic E-state index is 13.9. The molecule has 0 bridgehead atoms. The highest BCUT2D eigenvalue weighted by Gasteiger charge is 2.40. The van der Waals surface area contributed by atoms with Gasteiger partial charge in [0.2, 0.25) is 5.95 Å². The van der Waals surface area contributed by atoms with Crippen LogP contribution in [0.5, 0.6) is 0 Å². The zero-order valence-corrected chi connectivity index (χ0v) is 22.4. The number of rotatable bonds is 7. The first-order valence-electron chi connectivity index (χ1n) is 12.7. The molecule has 208 valence electrons. The molecular formula is C27H32F3N7O2. The number of piperazine rings is 1. The van der Waals surface area contributed by atoms with Crippen LogP contribution >= 0.6 is 0 Å². The molecule has 3 aromatic rings. The van der Waals surface area contributed by atoms with Gasteiger partial charge in [0, 0.05) is 51.9 Å². The van der Waals surface area contributed by atoms with Gasteiger partial charge < -0.3 is 19.8 Å². The monoisotopic (exact) mass is 543 g/mol. The van der Waals surface area contributed by atoms with E-state index in [9.17, 15) is 18.0 Å². The van der Waals surface area contributed by atoms with Crippen molar-refractivity contribution in [3.05, 3.63) is 70.2 Å². The number of anilines is 2. The number of nitrogens with zero attached hydrogens (tertiary/aromatic N) is 7. The van der Waals surface area contributed by atoms with Gasteiger partial charge >= 0.3 is 6.18 Å². The second-order valence-electron chi connectivity index (χ2n) is 9.75. The van der Waals surface area contributed by atoms with Crippen molar-refractivity contribution in [2.75, 3.05) is 49.6 Å². The number of carbonyl (C=O) groups is 1. The van der Waals surface area contributed by atoms with Gasteiger partial charge in [0.1, 0.15) is 0 Å². The summed E-state index contributed by atoms with van der Waals surface area (Å²) in [6.45, 7) is 6.78. The summed E-state index contributed by atoms with van der Waals surface area (Å²) >= 11 is 0. The first kappa shape index (κ1) is 28.2. The van der Waals surface area contributed by atoms with Crippen LogP contribution in [-0.4, -0.2) is 82.0 Å². The summed E-state index contributed by atoms with van der Waals surface area (Å²) in [5.41, 5.74) is 2.19. The molecule has 4 rings (SSSR count). The maximum atomic E-state index is 13.9. The molecule has 39 heavy (non-hydrogen) atoms. The minimum absolute atomic E-state index is 0.0898. The van der Waals surface area contributed by atoms with E-state index in [2.05, 4.69) is 25.1 Å². The summed E-state index contributed by atoms with van der Waals surface area (Å²) in [6, 6.07) is 9.81. The molecule has 0 aliphatic carbocycles. The molecule has 1 aromatic carbocycles. The Balaban J connectivity index is 1.53. The van der Waals surface area contributed by atoms with Gasteiger partial charge in [-0.1, -0.05) is 30.3 Å². The van der Waals surface area contributed by atoms with Crippen molar-refractivity contribution in [1.29, 1.82) is 0 Å². The fraction of sp³-hybridized carbons (Fsp3) is 0.444. The van der Waals surface area contributed by atoms with Gasteiger partial charge in [-0.05, 0) is 37.5 Å². The van der Waals surface area contributed by atoms with Crippen LogP contribution in [0.15, 0.2) is 36.5 Å². The minimum Gasteiger partial charge on any atom is -0.395 e. The number of aliphatic hydroxyl groups excluding tert-OH is 1. The van der Waals surface area contributed by atoms with Crippen LogP contribution < -0.4 is 9.80 Å². The molecule has 3 heterocycles. The fourth-order valence-corrected chi connectivity index (χ4v) is 4.69. The van der Waals surface area contributed by atoms with Crippen LogP contribution in [0.25, 0.3) is 0 Å². The summed E-state index contributed by atoms with van der Waals surface area (Å²) in [5, 5.41) is 18.1. The zero-order chi connectivity index (χ0) is 28.3. The Kier molecular flexibility index (Phi) is 8.34. The van der Waals surface area contributed by atoms with Crippen molar-refractivity contribution >= 4 is 17.7 Å². The fourth-order valence-electron chi connectivity index (χ4n) is 4.69. The summed E-state index contributed by atoms with van der Waals surface area (Å²) in [7, 11) is 1.31. The van der Waals surface area contributed by atoms with E-state index in [1.165, 1.54) is 7.05 Å². The molecule has 0 saturated carbocycles. The number of amides is 1. The number of hydrogen-bond donors (Lipinski definition) is 1. The van der Waals surface area contributed by atoms with E-state index in [-0.39, 0.29) is 25.1 Å². The molecule has 0 spiro atoms. The van der Waals surface area contributed by atoms with Crippen LogP contribution in [-0.2, 0) is 12.6 Å². The van der Waals surface area contributed by atoms with Crippen molar-refractivity contribution in [3.63, 3.8) is 0 Å². The van der Waals surface area contributed by atoms with Crippen LogP contribution in [0.2, 0.25) is 0 Å². The number of alkyl halides is 3. The van der Waals surface area contributed by atoms with Crippen LogP contribution in [0.3, 0.4) is 0 Å². The van der Waals surface area contributed by atoms with Gasteiger partial charge in [0.05, 0.1) is 17.9 Å². The van der Waals surface area contributed by atoms with Gasteiger partial charge in [-0.2, -0.15) is 18.3 Å². The van der Waals surface area contributed by atoms with Gasteiger partial charge in [-0.25, -0.2) is 9.97 Å². The molecule has 1 aliphatic heterocycles. The third-order valence-corrected chi connectivity index (χ3v) is 7.05. The molecule has 0 radical (unpaired) electrons. The second kappa shape index (κ2) is 11.5. The quantitative estimate of drug-likeness (QED) is 0.485. The lowest BCUT2D eigenvalue weighted by Gasteiger charge is -2.41. The Bertz CT molecular complexity index is 1320. The molecule has 1 amide bonds. The lowest BCUT2D eigenvalue weighted by Crippen LogP contribution is -2.53. The Labute approximate surface area is 225 Å². The molecule has 1 N–H and O–H groups in total. The van der Waals surface area contributed by atoms with Gasteiger partial charge in [-0.3, -0.25) is 4.79 Å². The lowest BCUT2D eigenvalue weighted by molar-refractivity contribution is -0.141. The Morgan fingerprint density at radius 1 is 1.13 bits per heavy atom. The maximum Gasteiger partial charge on any atom is 0.434 e. The number of benzene rings is 1. The van der Waals surface area contributed by atoms with Crippen molar-refractivity contribution in [2.24, 2.45) is 0 Å². The van der Waals surface area contributed by atoms with Crippen molar-refractivity contribution in [3.8, 4) is 0 Å². The highest BCUT2D eigenvalue weighted by molar-refractivity contribution is 5.95. The van der Waals surface area contributed by atoms with E-state index in [0.717, 1.165) is 39.3 Å². The molecule has 1 aliphatic rings. The molecule has 0 unspecified atom stereocenters. The number of aromatic nitrogens is 4. The molecule has 12 heteroatoms. The summed E-state index contributed by atoms with van der Waals surface area (Å²) in [5.74, 6) is -0.241. The van der Waals surface area contributed by atoms with Crippen molar-refractivity contribution in [2.45, 2.75) is 39.4 Å². The second-order valence-corrected chi connectivity index (χ2v) is 9.75. The molecule has 1 atom stereocenters. The summed E-state index contributed by atoms with van der Waals surface area (Å²) < 4.78 is 41.7. The smallest absolute Gasteiger partial charge is 0.395 e. The number of likely N-dealkylation sites (N-methyl/N-ethyl adjacent to an activating group) is 1. The molecule has 9 nitrogen and oxygen atoms in total. The summed E-state index contributed by atoms with van der Waals surface area (Å²) in [4.78, 5) is 25.3. The van der Waals surface area contributed by atoms with Crippen molar-refractivity contribution in [1.82, 2.24) is 25.1 Å². The van der Waals surface area contributed by atoms with Crippen LogP contribution in [0.1, 0.15) is 45.4 Å². The van der Waals surface area contributed by atoms with E-state index in [4.69, 9.17) is 5.11 Å². The SMILES string of the molecule is Cc1c(Cc2ccccc2)nnc(N2CCN(c3ncc(C(=O)N(C)CCO)c(C(F)(F)F)n3)[C@H](C)C2)c1C. The highest BCUT2D eigenvalue weighted by Crippen LogP contribution is 2.33. The normalized spacial score (nSPS) is 15.9. The third kappa shape index (κ3) is 6.11. The van der Waals surface area contributed by atoms with E-state index in [0.29, 0.717) is 26.1 Å². The first-order chi connectivity index (χ1) is 18.5. The predicted octanol–water partition coefficient (Wildman–Crippen LogP) is 3.27. The van der Waals surface area contributed by atoms with Crippen LogP contribution in [0.4, 0.5) is 24.9 Å². The number of halogens is 3. The van der Waals surface area contributed by atoms with Crippen LogP contribution in [0, 0.1) is 13.8 Å². The molecule has 1 fully saturated rings. The number of aliphatic hydroxyl groups is 1. The van der Waals surface area contributed by atoms with E-state index < -0.39 is 23.3 Å². The summed E-state index contributed by atoms with van der Waals surface area (Å²) in [6.07, 6.45) is -3.25. The average molecular weight is 544 g/mol. The predicted molar refractivity (Wildman–Crippen MR) is 141 cm³/mol. The Morgan fingerprint density at radius 2 is 1.85 bits per heavy atom. The Morgan fingerprint density at radius 3 is 2.49 bits per heavy atom. The highest BCUT2D eigenvalue weighted by atomic mass is 19.4. The number of hydrogen-bond acceptors (Lipinski definition) is 8. The first-order valence-corrected chi connectivity index (χ1v) is 12.7. The van der Waals surface area contributed by atoms with Crippen molar-refractivity contribution < 1.29 is 23.1 Å². The lowest BCUT2D eigenvalue weighted by atomic mass is 10.0. The topological polar surface area (TPSA) is 98.6 Å². The Hall–Kier alpha value is -3.80. The van der Waals surface area contributed by atoms with E-state index >= 15 is 0 Å². The number of carbonyl (C=O) groups excluding carboxylic acids is 1. The molecule has 1 saturated heterocycles. The average Bonchev–Trinajstić information content (AvgIpc) is 2.91. The zero-order valence-electron chi connectivity index (χ0n) is 22.4.